The van der Waals surface area contributed by atoms with Gasteiger partial charge in [0.05, 0.1) is 6.10 Å². The Kier molecular flexibility index (Phi) is 0.665. The summed E-state index contributed by atoms with van der Waals surface area (Å²) >= 11 is 0. The highest BCUT2D eigenvalue weighted by atomic mass is 16.3. The Morgan fingerprint density at radius 1 is 1.83 bits per heavy atom. The van der Waals surface area contributed by atoms with E-state index in [1.807, 2.05) is 0 Å². The minimum Gasteiger partial charge on any atom is -0.392 e. The number of aliphatic hydroxyl groups excluding tert-OH is 1. The monoisotopic (exact) mass is 86.0 g/mol. The maximum atomic E-state index is 9.62. The lowest BCUT2D eigenvalue weighted by molar-refractivity contribution is -0.109. The van der Waals surface area contributed by atoms with Crippen LogP contribution in [-0.4, -0.2) is 17.5 Å². The molecule has 0 spiro atoms. The van der Waals surface area contributed by atoms with Gasteiger partial charge in [-0.25, -0.2) is 0 Å². The third-order valence-corrected chi connectivity index (χ3v) is 0.980. The van der Waals surface area contributed by atoms with Crippen LogP contribution in [0.3, 0.4) is 0 Å². The summed E-state index contributed by atoms with van der Waals surface area (Å²) in [5.74, 6) is -0.0231. The summed E-state index contributed by atoms with van der Waals surface area (Å²) < 4.78 is 0. The van der Waals surface area contributed by atoms with E-state index in [1.54, 1.807) is 0 Å². The number of carbonyl (C=O) groups excluding carboxylic acids is 1. The summed E-state index contributed by atoms with van der Waals surface area (Å²) in [5, 5.41) is 8.40. The molecule has 0 radical (unpaired) electrons. The van der Waals surface area contributed by atoms with Crippen LogP contribution in [0.25, 0.3) is 0 Å². The molecular formula is C4H6O2. The molecule has 34 valence electrons. The van der Waals surface area contributed by atoms with Crippen LogP contribution in [0.5, 0.6) is 0 Å². The van der Waals surface area contributed by atoms with E-state index in [-0.39, 0.29) is 12.0 Å². The number of aldehydes is 1. The fraction of sp³-hybridized carbons (Fsp3) is 0.750. The molecule has 2 atom stereocenters. The predicted molar refractivity (Wildman–Crippen MR) is 20.2 cm³/mol. The quantitative estimate of drug-likeness (QED) is 0.439. The van der Waals surface area contributed by atoms with Crippen LogP contribution in [0, 0.1) is 5.92 Å². The van der Waals surface area contributed by atoms with E-state index in [9.17, 15) is 4.79 Å². The molecule has 0 aliphatic heterocycles. The van der Waals surface area contributed by atoms with Gasteiger partial charge in [-0.1, -0.05) is 0 Å². The molecule has 6 heavy (non-hydrogen) atoms. The second-order valence-corrected chi connectivity index (χ2v) is 1.60. The first-order chi connectivity index (χ1) is 2.84. The van der Waals surface area contributed by atoms with Crippen LogP contribution in [0.15, 0.2) is 0 Å². The van der Waals surface area contributed by atoms with Crippen molar-refractivity contribution in [3.05, 3.63) is 0 Å². The Labute approximate surface area is 35.8 Å². The summed E-state index contributed by atoms with van der Waals surface area (Å²) in [7, 11) is 0. The van der Waals surface area contributed by atoms with Crippen molar-refractivity contribution < 1.29 is 9.90 Å². The zero-order chi connectivity index (χ0) is 4.57. The fourth-order valence-corrected chi connectivity index (χ4v) is 0.347. The highest BCUT2D eigenvalue weighted by Gasteiger charge is 2.34. The van der Waals surface area contributed by atoms with E-state index in [0.717, 1.165) is 6.29 Å². The highest BCUT2D eigenvalue weighted by Crippen LogP contribution is 2.26. The van der Waals surface area contributed by atoms with E-state index in [2.05, 4.69) is 0 Å². The summed E-state index contributed by atoms with van der Waals surface area (Å²) in [5.41, 5.74) is 0. The predicted octanol–water partition coefficient (Wildman–Crippen LogP) is -0.434. The topological polar surface area (TPSA) is 37.3 Å². The SMILES string of the molecule is O=CC1CC1O. The Hall–Kier alpha value is -0.370. The molecule has 0 bridgehead atoms. The number of carbonyl (C=O) groups is 1. The maximum absolute atomic E-state index is 9.62. The zero-order valence-corrected chi connectivity index (χ0v) is 3.29. The molecule has 0 heterocycles. The van der Waals surface area contributed by atoms with Crippen LogP contribution in [0.1, 0.15) is 6.42 Å². The minimum atomic E-state index is -0.303. The van der Waals surface area contributed by atoms with Crippen LogP contribution >= 0.6 is 0 Å². The molecule has 0 amide bonds. The summed E-state index contributed by atoms with van der Waals surface area (Å²) in [6, 6.07) is 0. The largest absolute Gasteiger partial charge is 0.392 e. The molecule has 1 saturated carbocycles. The fourth-order valence-electron chi connectivity index (χ4n) is 0.347. The van der Waals surface area contributed by atoms with Gasteiger partial charge >= 0.3 is 0 Å². The maximum Gasteiger partial charge on any atom is 0.125 e. The summed E-state index contributed by atoms with van der Waals surface area (Å²) in [4.78, 5) is 9.62. The summed E-state index contributed by atoms with van der Waals surface area (Å²) in [6.45, 7) is 0. The average molecular weight is 86.1 g/mol. The third-order valence-electron chi connectivity index (χ3n) is 0.980. The first kappa shape index (κ1) is 3.81. The third kappa shape index (κ3) is 0.431. The average Bonchev–Trinajstić information content (AvgIpc) is 2.19. The van der Waals surface area contributed by atoms with Gasteiger partial charge in [-0.2, -0.15) is 0 Å². The molecule has 0 aromatic rings. The first-order valence-corrected chi connectivity index (χ1v) is 1.98. The van der Waals surface area contributed by atoms with Gasteiger partial charge < -0.3 is 9.90 Å². The van der Waals surface area contributed by atoms with Crippen molar-refractivity contribution in [2.45, 2.75) is 12.5 Å². The lowest BCUT2D eigenvalue weighted by Gasteiger charge is -1.68. The van der Waals surface area contributed by atoms with E-state index in [0.29, 0.717) is 6.42 Å². The molecule has 2 unspecified atom stereocenters. The lowest BCUT2D eigenvalue weighted by Crippen LogP contribution is -1.83. The van der Waals surface area contributed by atoms with E-state index in [4.69, 9.17) is 5.11 Å². The number of aliphatic hydroxyl groups is 1. The molecular weight excluding hydrogens is 80.0 g/mol. The van der Waals surface area contributed by atoms with Crippen LogP contribution < -0.4 is 0 Å². The van der Waals surface area contributed by atoms with E-state index >= 15 is 0 Å². The highest BCUT2D eigenvalue weighted by molar-refractivity contribution is 5.58. The van der Waals surface area contributed by atoms with Gasteiger partial charge in [0, 0.05) is 5.92 Å². The van der Waals surface area contributed by atoms with Crippen molar-refractivity contribution in [3.8, 4) is 0 Å². The van der Waals surface area contributed by atoms with Gasteiger partial charge in [0.2, 0.25) is 0 Å². The molecule has 2 heteroatoms. The van der Waals surface area contributed by atoms with Crippen molar-refractivity contribution in [3.63, 3.8) is 0 Å². The molecule has 1 fully saturated rings. The number of rotatable bonds is 1. The van der Waals surface area contributed by atoms with Gasteiger partial charge in [-0.3, -0.25) is 0 Å². The van der Waals surface area contributed by atoms with E-state index < -0.39 is 0 Å². The molecule has 0 aromatic carbocycles. The smallest absolute Gasteiger partial charge is 0.125 e. The van der Waals surface area contributed by atoms with Crippen molar-refractivity contribution in [2.24, 2.45) is 5.92 Å². The Bertz CT molecular complexity index is 69.9. The van der Waals surface area contributed by atoms with Crippen molar-refractivity contribution in [1.82, 2.24) is 0 Å². The lowest BCUT2D eigenvalue weighted by atomic mass is 10.5. The Morgan fingerprint density at radius 2 is 2.33 bits per heavy atom. The second kappa shape index (κ2) is 1.05. The first-order valence-electron chi connectivity index (χ1n) is 1.98. The van der Waals surface area contributed by atoms with Gasteiger partial charge in [0.15, 0.2) is 0 Å². The number of hydrogen-bond donors (Lipinski definition) is 1. The van der Waals surface area contributed by atoms with E-state index in [1.165, 1.54) is 0 Å². The van der Waals surface area contributed by atoms with Gasteiger partial charge in [-0.15, -0.1) is 0 Å². The van der Waals surface area contributed by atoms with Gasteiger partial charge in [-0.05, 0) is 6.42 Å². The molecule has 2 nitrogen and oxygen atoms in total. The molecule has 0 saturated heterocycles. The van der Waals surface area contributed by atoms with Crippen molar-refractivity contribution in [1.29, 1.82) is 0 Å². The standard InChI is InChI=1S/C4H6O2/c5-2-3-1-4(3)6/h2-4,6H,1H2. The molecule has 1 aliphatic carbocycles. The Balaban J connectivity index is 2.25. The molecule has 1 N–H and O–H groups in total. The number of hydrogen-bond acceptors (Lipinski definition) is 2. The normalized spacial score (nSPS) is 42.2. The van der Waals surface area contributed by atoms with Crippen LogP contribution in [-0.2, 0) is 4.79 Å². The second-order valence-electron chi connectivity index (χ2n) is 1.60. The molecule has 1 aliphatic rings. The van der Waals surface area contributed by atoms with Crippen LogP contribution in [0.2, 0.25) is 0 Å². The van der Waals surface area contributed by atoms with Gasteiger partial charge in [0.1, 0.15) is 6.29 Å². The van der Waals surface area contributed by atoms with Crippen molar-refractivity contribution >= 4 is 6.29 Å². The summed E-state index contributed by atoms with van der Waals surface area (Å²) in [6.07, 6.45) is 1.18. The van der Waals surface area contributed by atoms with Crippen LogP contribution in [0.4, 0.5) is 0 Å². The molecule has 0 aromatic heterocycles. The molecule has 1 rings (SSSR count). The zero-order valence-electron chi connectivity index (χ0n) is 3.29. The van der Waals surface area contributed by atoms with Crippen molar-refractivity contribution in [2.75, 3.05) is 0 Å². The Morgan fingerprint density at radius 3 is 2.33 bits per heavy atom. The van der Waals surface area contributed by atoms with Gasteiger partial charge in [0.25, 0.3) is 0 Å². The minimum absolute atomic E-state index is 0.0231.